The SMILES string of the molecule is CCCCCC[C@@H](F)COc1ccc(-c2ncc(CCCCCCC3CCCC3)cn2)cc1. The highest BCUT2D eigenvalue weighted by atomic mass is 19.1. The number of hydrogen-bond acceptors (Lipinski definition) is 3. The molecule has 0 spiro atoms. The lowest BCUT2D eigenvalue weighted by atomic mass is 9.99. The number of aryl methyl sites for hydroxylation is 1. The van der Waals surface area contributed by atoms with Gasteiger partial charge in [-0.25, -0.2) is 14.4 Å². The van der Waals surface area contributed by atoms with Crippen LogP contribution in [0.3, 0.4) is 0 Å². The van der Waals surface area contributed by atoms with Gasteiger partial charge in [0.2, 0.25) is 0 Å². The molecule has 1 aliphatic carbocycles. The van der Waals surface area contributed by atoms with Gasteiger partial charge in [-0.3, -0.25) is 0 Å². The van der Waals surface area contributed by atoms with Gasteiger partial charge in [0.15, 0.2) is 5.82 Å². The van der Waals surface area contributed by atoms with E-state index in [0.29, 0.717) is 12.2 Å². The van der Waals surface area contributed by atoms with Crippen LogP contribution in [0.25, 0.3) is 11.4 Å². The molecule has 3 nitrogen and oxygen atoms in total. The Morgan fingerprint density at radius 2 is 1.61 bits per heavy atom. The average Bonchev–Trinajstić information content (AvgIpc) is 3.37. The van der Waals surface area contributed by atoms with Crippen molar-refractivity contribution in [1.29, 1.82) is 0 Å². The van der Waals surface area contributed by atoms with E-state index in [4.69, 9.17) is 4.74 Å². The second kappa shape index (κ2) is 15.0. The predicted molar refractivity (Wildman–Crippen MR) is 135 cm³/mol. The molecule has 1 atom stereocenters. The quantitative estimate of drug-likeness (QED) is 0.238. The van der Waals surface area contributed by atoms with Crippen LogP contribution >= 0.6 is 0 Å². The van der Waals surface area contributed by atoms with Gasteiger partial charge in [0, 0.05) is 18.0 Å². The monoisotopic (exact) mass is 454 g/mol. The summed E-state index contributed by atoms with van der Waals surface area (Å²) < 4.78 is 19.6. The number of ether oxygens (including phenoxy) is 1. The zero-order valence-electron chi connectivity index (χ0n) is 20.6. The summed E-state index contributed by atoms with van der Waals surface area (Å²) in [4.78, 5) is 9.11. The van der Waals surface area contributed by atoms with Gasteiger partial charge in [-0.1, -0.05) is 84.0 Å². The average molecular weight is 455 g/mol. The van der Waals surface area contributed by atoms with Crippen molar-refractivity contribution in [2.75, 3.05) is 6.61 Å². The fourth-order valence-corrected chi connectivity index (χ4v) is 4.81. The topological polar surface area (TPSA) is 35.0 Å². The van der Waals surface area contributed by atoms with Crippen LogP contribution in [0, 0.1) is 5.92 Å². The molecule has 0 bridgehead atoms. The highest BCUT2D eigenvalue weighted by Crippen LogP contribution is 2.29. The highest BCUT2D eigenvalue weighted by molar-refractivity contribution is 5.55. The number of halogens is 1. The van der Waals surface area contributed by atoms with Crippen LogP contribution in [0.2, 0.25) is 0 Å². The molecule has 4 heteroatoms. The molecular weight excluding hydrogens is 411 g/mol. The summed E-state index contributed by atoms with van der Waals surface area (Å²) in [6.07, 6.45) is 21.6. The second-order valence-corrected chi connectivity index (χ2v) is 9.80. The van der Waals surface area contributed by atoms with E-state index in [1.807, 2.05) is 36.7 Å². The maximum Gasteiger partial charge on any atom is 0.159 e. The molecule has 0 saturated heterocycles. The summed E-state index contributed by atoms with van der Waals surface area (Å²) in [5.74, 6) is 2.44. The Morgan fingerprint density at radius 3 is 2.33 bits per heavy atom. The third kappa shape index (κ3) is 9.81. The van der Waals surface area contributed by atoms with Gasteiger partial charge in [-0.15, -0.1) is 0 Å². The summed E-state index contributed by atoms with van der Waals surface area (Å²) in [7, 11) is 0. The third-order valence-corrected chi connectivity index (χ3v) is 6.92. The van der Waals surface area contributed by atoms with Crippen molar-refractivity contribution in [2.24, 2.45) is 5.92 Å². The second-order valence-electron chi connectivity index (χ2n) is 9.80. The smallest absolute Gasteiger partial charge is 0.159 e. The van der Waals surface area contributed by atoms with Crippen molar-refractivity contribution in [3.05, 3.63) is 42.2 Å². The summed E-state index contributed by atoms with van der Waals surface area (Å²) >= 11 is 0. The summed E-state index contributed by atoms with van der Waals surface area (Å²) in [6.45, 7) is 2.29. The molecule has 2 aromatic rings. The normalized spacial score (nSPS) is 15.1. The zero-order valence-corrected chi connectivity index (χ0v) is 20.6. The van der Waals surface area contributed by atoms with E-state index < -0.39 is 6.17 Å². The number of unbranched alkanes of at least 4 members (excludes halogenated alkanes) is 6. The first-order valence-electron chi connectivity index (χ1n) is 13.4. The van der Waals surface area contributed by atoms with E-state index in [1.165, 1.54) is 76.2 Å². The van der Waals surface area contributed by atoms with Crippen molar-refractivity contribution in [2.45, 2.75) is 109 Å². The van der Waals surface area contributed by atoms with E-state index >= 15 is 0 Å². The first kappa shape index (κ1) is 25.6. The number of rotatable bonds is 16. The molecule has 1 fully saturated rings. The maximum atomic E-state index is 14.0. The molecule has 1 heterocycles. The Kier molecular flexibility index (Phi) is 11.7. The molecule has 0 unspecified atom stereocenters. The van der Waals surface area contributed by atoms with Crippen molar-refractivity contribution < 1.29 is 9.13 Å². The predicted octanol–water partition coefficient (Wildman–Crippen LogP) is 8.51. The van der Waals surface area contributed by atoms with E-state index in [-0.39, 0.29) is 6.61 Å². The minimum Gasteiger partial charge on any atom is -0.491 e. The van der Waals surface area contributed by atoms with Crippen LogP contribution in [0.4, 0.5) is 4.39 Å². The molecule has 1 saturated carbocycles. The van der Waals surface area contributed by atoms with Crippen LogP contribution in [0.5, 0.6) is 5.75 Å². The van der Waals surface area contributed by atoms with Gasteiger partial charge in [0.05, 0.1) is 0 Å². The van der Waals surface area contributed by atoms with Gasteiger partial charge in [-0.2, -0.15) is 0 Å². The number of aromatic nitrogens is 2. The number of hydrogen-bond donors (Lipinski definition) is 0. The Bertz CT molecular complexity index is 756. The Balaban J connectivity index is 1.32. The van der Waals surface area contributed by atoms with Crippen LogP contribution in [0.1, 0.15) is 102 Å². The van der Waals surface area contributed by atoms with Crippen LogP contribution in [-0.4, -0.2) is 22.7 Å². The zero-order chi connectivity index (χ0) is 23.1. The molecule has 0 aliphatic heterocycles. The summed E-state index contributed by atoms with van der Waals surface area (Å²) in [6, 6.07) is 7.65. The van der Waals surface area contributed by atoms with Crippen molar-refractivity contribution in [1.82, 2.24) is 9.97 Å². The maximum absolute atomic E-state index is 14.0. The van der Waals surface area contributed by atoms with Gasteiger partial charge in [0.1, 0.15) is 18.5 Å². The number of benzene rings is 1. The molecule has 1 aromatic carbocycles. The third-order valence-electron chi connectivity index (χ3n) is 6.92. The lowest BCUT2D eigenvalue weighted by molar-refractivity contribution is 0.184. The largest absolute Gasteiger partial charge is 0.491 e. The Hall–Kier alpha value is -1.97. The van der Waals surface area contributed by atoms with Crippen LogP contribution in [-0.2, 0) is 6.42 Å². The molecule has 3 rings (SSSR count). The lowest BCUT2D eigenvalue weighted by Gasteiger charge is -2.11. The van der Waals surface area contributed by atoms with Crippen molar-refractivity contribution in [3.8, 4) is 17.1 Å². The standard InChI is InChI=1S/C29H43FN2O/c1-2-3-4-9-16-27(30)23-33-28-19-17-26(18-20-28)29-31-21-25(22-32-29)15-8-6-5-7-12-24-13-10-11-14-24/h17-22,24,27H,2-16,23H2,1H3/t27-/m1/s1. The fraction of sp³-hybridized carbons (Fsp3) is 0.655. The first-order chi connectivity index (χ1) is 16.2. The Labute approximate surface area is 200 Å². The molecule has 182 valence electrons. The molecular formula is C29H43FN2O. The minimum atomic E-state index is -0.898. The Morgan fingerprint density at radius 1 is 0.909 bits per heavy atom. The summed E-state index contributed by atoms with van der Waals surface area (Å²) in [5.41, 5.74) is 2.17. The van der Waals surface area contributed by atoms with E-state index in [2.05, 4.69) is 16.9 Å². The number of nitrogens with zero attached hydrogens (tertiary/aromatic N) is 2. The molecule has 0 amide bonds. The van der Waals surface area contributed by atoms with E-state index in [0.717, 1.165) is 36.6 Å². The van der Waals surface area contributed by atoms with Crippen molar-refractivity contribution >= 4 is 0 Å². The van der Waals surface area contributed by atoms with Crippen LogP contribution < -0.4 is 4.74 Å². The first-order valence-corrected chi connectivity index (χ1v) is 13.4. The highest BCUT2D eigenvalue weighted by Gasteiger charge is 2.13. The van der Waals surface area contributed by atoms with Gasteiger partial charge >= 0.3 is 0 Å². The fourth-order valence-electron chi connectivity index (χ4n) is 4.81. The molecule has 33 heavy (non-hydrogen) atoms. The molecule has 0 N–H and O–H groups in total. The molecule has 1 aliphatic rings. The van der Waals surface area contributed by atoms with Crippen LogP contribution in [0.15, 0.2) is 36.7 Å². The van der Waals surface area contributed by atoms with Crippen molar-refractivity contribution in [3.63, 3.8) is 0 Å². The van der Waals surface area contributed by atoms with E-state index in [9.17, 15) is 4.39 Å². The van der Waals surface area contributed by atoms with Gasteiger partial charge in [0.25, 0.3) is 0 Å². The summed E-state index contributed by atoms with van der Waals surface area (Å²) in [5, 5.41) is 0. The van der Waals surface area contributed by atoms with Gasteiger partial charge in [-0.05, 0) is 55.0 Å². The number of alkyl halides is 1. The molecule has 1 aromatic heterocycles. The lowest BCUT2D eigenvalue weighted by Crippen LogP contribution is -2.12. The molecule has 0 radical (unpaired) electrons. The van der Waals surface area contributed by atoms with E-state index in [1.54, 1.807) is 0 Å². The van der Waals surface area contributed by atoms with Gasteiger partial charge < -0.3 is 4.74 Å². The minimum absolute atomic E-state index is 0.122.